The molecule has 7 nitrogen and oxygen atoms in total. The number of anilines is 1. The van der Waals surface area contributed by atoms with Crippen LogP contribution in [0, 0.1) is 0 Å². The third kappa shape index (κ3) is 3.44. The Morgan fingerprint density at radius 3 is 2.83 bits per heavy atom. The number of aryl methyl sites for hydroxylation is 1. The number of benzene rings is 1. The highest BCUT2D eigenvalue weighted by molar-refractivity contribution is 7.90. The van der Waals surface area contributed by atoms with Gasteiger partial charge in [0.2, 0.25) is 5.91 Å². The van der Waals surface area contributed by atoms with Gasteiger partial charge in [0, 0.05) is 31.4 Å². The first-order valence-electron chi connectivity index (χ1n) is 7.49. The maximum atomic E-state index is 12.2. The molecule has 0 spiro atoms. The normalized spacial score (nSPS) is 12.5. The zero-order valence-electron chi connectivity index (χ0n) is 13.8. The van der Waals surface area contributed by atoms with Crippen LogP contribution < -0.4 is 4.90 Å². The molecule has 0 saturated carbocycles. The average molecular weight is 345 g/mol. The Balaban J connectivity index is 1.84. The Morgan fingerprint density at radius 2 is 2.17 bits per heavy atom. The van der Waals surface area contributed by atoms with Gasteiger partial charge in [-0.25, -0.2) is 4.68 Å². The summed E-state index contributed by atoms with van der Waals surface area (Å²) in [6.45, 7) is 0. The first kappa shape index (κ1) is 16.5. The molecule has 0 radical (unpaired) electrons. The van der Waals surface area contributed by atoms with Crippen molar-refractivity contribution in [3.8, 4) is 5.69 Å². The van der Waals surface area contributed by atoms with E-state index in [-0.39, 0.29) is 12.3 Å². The second-order valence-electron chi connectivity index (χ2n) is 5.67. The molecule has 0 bridgehead atoms. The molecule has 3 aromatic rings. The molecule has 2 aromatic heterocycles. The number of nitrogens with zero attached hydrogens (tertiary/aromatic N) is 5. The van der Waals surface area contributed by atoms with Crippen LogP contribution in [0.5, 0.6) is 0 Å². The molecule has 0 saturated heterocycles. The van der Waals surface area contributed by atoms with Crippen LogP contribution >= 0.6 is 0 Å². The Hall–Kier alpha value is -2.32. The fraction of sp³-hybridized carbons (Fsp3) is 0.312. The van der Waals surface area contributed by atoms with Gasteiger partial charge in [0.25, 0.3) is 0 Å². The zero-order chi connectivity index (χ0) is 17.3. The lowest BCUT2D eigenvalue weighted by molar-refractivity contribution is -0.117. The Labute approximate surface area is 143 Å². The standard InChI is InChI=1S/C16H19N5O2S/c1-19-11-14(9-17-19)21-10-12-8-13(4-5-15(12)18-21)20(2)16(22)6-7-24(3)23/h4-5,8-11H,6-7H2,1-3H3. The zero-order valence-corrected chi connectivity index (χ0v) is 14.7. The monoisotopic (exact) mass is 345 g/mol. The highest BCUT2D eigenvalue weighted by Crippen LogP contribution is 2.22. The van der Waals surface area contributed by atoms with Gasteiger partial charge in [-0.1, -0.05) is 11.2 Å². The lowest BCUT2D eigenvalue weighted by atomic mass is 10.2. The van der Waals surface area contributed by atoms with E-state index >= 15 is 0 Å². The minimum Gasteiger partial charge on any atom is -0.617 e. The molecule has 0 N–H and O–H groups in total. The van der Waals surface area contributed by atoms with Crippen LogP contribution in [0.3, 0.4) is 0 Å². The lowest BCUT2D eigenvalue weighted by Crippen LogP contribution is -2.27. The molecule has 1 aromatic carbocycles. The third-order valence-electron chi connectivity index (χ3n) is 3.81. The Morgan fingerprint density at radius 1 is 1.38 bits per heavy atom. The van der Waals surface area contributed by atoms with Gasteiger partial charge in [-0.15, -0.1) is 0 Å². The largest absolute Gasteiger partial charge is 0.617 e. The highest BCUT2D eigenvalue weighted by atomic mass is 32.2. The summed E-state index contributed by atoms with van der Waals surface area (Å²) < 4.78 is 14.6. The van der Waals surface area contributed by atoms with Crippen LogP contribution in [0.2, 0.25) is 0 Å². The number of amides is 1. The number of hydrogen-bond acceptors (Lipinski definition) is 4. The van der Waals surface area contributed by atoms with E-state index in [0.29, 0.717) is 5.75 Å². The third-order valence-corrected chi connectivity index (χ3v) is 4.59. The predicted molar refractivity (Wildman–Crippen MR) is 94.8 cm³/mol. The highest BCUT2D eigenvalue weighted by Gasteiger charge is 2.14. The molecule has 0 aliphatic heterocycles. The minimum absolute atomic E-state index is 0.0517. The van der Waals surface area contributed by atoms with Crippen LogP contribution in [0.15, 0.2) is 36.8 Å². The van der Waals surface area contributed by atoms with Gasteiger partial charge >= 0.3 is 0 Å². The van der Waals surface area contributed by atoms with Crippen molar-refractivity contribution in [2.75, 3.05) is 24.0 Å². The van der Waals surface area contributed by atoms with E-state index in [2.05, 4.69) is 10.2 Å². The number of rotatable bonds is 5. The molecule has 0 aliphatic rings. The quantitative estimate of drug-likeness (QED) is 0.656. The molecule has 1 amide bonds. The van der Waals surface area contributed by atoms with Crippen molar-refractivity contribution in [2.24, 2.45) is 7.05 Å². The fourth-order valence-electron chi connectivity index (χ4n) is 2.42. The Kier molecular flexibility index (Phi) is 4.59. The molecule has 2 heterocycles. The summed E-state index contributed by atoms with van der Waals surface area (Å²) in [5.74, 6) is 0.328. The molecule has 3 rings (SSSR count). The van der Waals surface area contributed by atoms with Crippen LogP contribution in [0.25, 0.3) is 16.6 Å². The van der Waals surface area contributed by atoms with E-state index in [1.54, 1.807) is 33.8 Å². The van der Waals surface area contributed by atoms with Crippen molar-refractivity contribution in [3.05, 3.63) is 36.8 Å². The summed E-state index contributed by atoms with van der Waals surface area (Å²) in [7, 11) is 3.59. The molecule has 0 aliphatic carbocycles. The molecule has 8 heteroatoms. The average Bonchev–Trinajstić information content (AvgIpc) is 3.16. The van der Waals surface area contributed by atoms with Crippen LogP contribution in [0.4, 0.5) is 5.69 Å². The summed E-state index contributed by atoms with van der Waals surface area (Å²) in [6.07, 6.45) is 7.41. The molecule has 1 unspecified atom stereocenters. The summed E-state index contributed by atoms with van der Waals surface area (Å²) in [5.41, 5.74) is 2.52. The molecular formula is C16H19N5O2S. The molecule has 0 fully saturated rings. The van der Waals surface area contributed by atoms with E-state index in [1.165, 1.54) is 0 Å². The number of carbonyl (C=O) groups excluding carboxylic acids is 1. The van der Waals surface area contributed by atoms with Crippen LogP contribution in [-0.2, 0) is 23.0 Å². The topological polar surface area (TPSA) is 79.0 Å². The van der Waals surface area contributed by atoms with Gasteiger partial charge in [0.15, 0.2) is 0 Å². The van der Waals surface area contributed by atoms with Gasteiger partial charge in [-0.05, 0) is 18.2 Å². The van der Waals surface area contributed by atoms with E-state index in [9.17, 15) is 9.35 Å². The van der Waals surface area contributed by atoms with Gasteiger partial charge in [-0.2, -0.15) is 10.2 Å². The Bertz CT molecular complexity index is 870. The van der Waals surface area contributed by atoms with Gasteiger partial charge in [-0.3, -0.25) is 9.48 Å². The van der Waals surface area contributed by atoms with Gasteiger partial charge < -0.3 is 9.45 Å². The summed E-state index contributed by atoms with van der Waals surface area (Å²) in [6, 6.07) is 5.68. The van der Waals surface area contributed by atoms with Crippen LogP contribution in [0.1, 0.15) is 6.42 Å². The van der Waals surface area contributed by atoms with E-state index in [0.717, 1.165) is 22.3 Å². The van der Waals surface area contributed by atoms with Crippen LogP contribution in [-0.4, -0.2) is 49.1 Å². The van der Waals surface area contributed by atoms with Gasteiger partial charge in [0.1, 0.15) is 11.4 Å². The number of fused-ring (bicyclic) bond motifs is 1. The predicted octanol–water partition coefficient (Wildman–Crippen LogP) is 1.49. The number of aromatic nitrogens is 4. The van der Waals surface area contributed by atoms with Gasteiger partial charge in [0.05, 0.1) is 30.6 Å². The van der Waals surface area contributed by atoms with E-state index in [1.807, 2.05) is 37.6 Å². The first-order chi connectivity index (χ1) is 11.4. The van der Waals surface area contributed by atoms with Crippen molar-refractivity contribution < 1.29 is 9.35 Å². The summed E-state index contributed by atoms with van der Waals surface area (Å²) in [4.78, 5) is 13.8. The second-order valence-corrected chi connectivity index (χ2v) is 7.22. The van der Waals surface area contributed by atoms with E-state index in [4.69, 9.17) is 0 Å². The lowest BCUT2D eigenvalue weighted by Gasteiger charge is -2.17. The SMILES string of the molecule is CN(C(=O)CC[S+](C)[O-])c1ccc2nn(-c3cnn(C)c3)cc2c1. The van der Waals surface area contributed by atoms with E-state index < -0.39 is 11.2 Å². The van der Waals surface area contributed by atoms with Crippen molar-refractivity contribution in [2.45, 2.75) is 6.42 Å². The number of carbonyl (C=O) groups is 1. The number of hydrogen-bond donors (Lipinski definition) is 0. The molecule has 126 valence electrons. The smallest absolute Gasteiger partial charge is 0.231 e. The second kappa shape index (κ2) is 6.66. The summed E-state index contributed by atoms with van der Waals surface area (Å²) in [5, 5.41) is 9.61. The molecule has 1 atom stereocenters. The maximum absolute atomic E-state index is 12.2. The maximum Gasteiger partial charge on any atom is 0.231 e. The molecule has 24 heavy (non-hydrogen) atoms. The fourth-order valence-corrected chi connectivity index (χ4v) is 2.89. The van der Waals surface area contributed by atoms with Crippen molar-refractivity contribution >= 4 is 33.7 Å². The minimum atomic E-state index is -0.966. The van der Waals surface area contributed by atoms with Crippen molar-refractivity contribution in [3.63, 3.8) is 0 Å². The molecular weight excluding hydrogens is 326 g/mol. The van der Waals surface area contributed by atoms with Crippen molar-refractivity contribution in [1.29, 1.82) is 0 Å². The van der Waals surface area contributed by atoms with Crippen molar-refractivity contribution in [1.82, 2.24) is 19.6 Å². The summed E-state index contributed by atoms with van der Waals surface area (Å²) >= 11 is -0.966. The first-order valence-corrected chi connectivity index (χ1v) is 9.22.